The first-order valence-electron chi connectivity index (χ1n) is 6.89. The van der Waals surface area contributed by atoms with E-state index in [1.807, 2.05) is 45.0 Å². The van der Waals surface area contributed by atoms with Crippen LogP contribution in [-0.2, 0) is 11.3 Å². The quantitative estimate of drug-likeness (QED) is 0.877. The van der Waals surface area contributed by atoms with E-state index in [0.717, 1.165) is 11.3 Å². The summed E-state index contributed by atoms with van der Waals surface area (Å²) in [6, 6.07) is 7.71. The molecule has 0 atom stereocenters. The van der Waals surface area contributed by atoms with Gasteiger partial charge in [0.25, 0.3) is 0 Å². The highest BCUT2D eigenvalue weighted by atomic mass is 16.1. The fourth-order valence-corrected chi connectivity index (χ4v) is 1.75. The molecule has 6 heteroatoms. The minimum Gasteiger partial charge on any atom is -0.325 e. The van der Waals surface area contributed by atoms with Crippen molar-refractivity contribution >= 4 is 11.6 Å². The zero-order valence-corrected chi connectivity index (χ0v) is 12.6. The highest BCUT2D eigenvalue weighted by molar-refractivity contribution is 5.92. The number of amides is 1. The van der Waals surface area contributed by atoms with E-state index in [1.54, 1.807) is 11.0 Å². The number of rotatable bonds is 5. The standard InChI is InChI=1S/C15H21N5O/c1-15(2,3)17-8-14(21)19-13-6-4-12(5-7-13)9-20-11-16-10-18-20/h4-7,10-11,17H,8-9H2,1-3H3,(H,19,21). The molecule has 6 nitrogen and oxygen atoms in total. The van der Waals surface area contributed by atoms with Gasteiger partial charge in [0.15, 0.2) is 0 Å². The number of nitrogens with zero attached hydrogens (tertiary/aromatic N) is 3. The van der Waals surface area contributed by atoms with Gasteiger partial charge in [-0.2, -0.15) is 5.10 Å². The van der Waals surface area contributed by atoms with E-state index in [4.69, 9.17) is 0 Å². The van der Waals surface area contributed by atoms with Crippen LogP contribution in [0.4, 0.5) is 5.69 Å². The lowest BCUT2D eigenvalue weighted by molar-refractivity contribution is -0.115. The molecular weight excluding hydrogens is 266 g/mol. The third-order valence-electron chi connectivity index (χ3n) is 2.83. The van der Waals surface area contributed by atoms with Gasteiger partial charge < -0.3 is 10.6 Å². The molecule has 1 amide bonds. The number of nitrogens with one attached hydrogen (secondary N) is 2. The lowest BCUT2D eigenvalue weighted by Gasteiger charge is -2.20. The molecule has 2 rings (SSSR count). The summed E-state index contributed by atoms with van der Waals surface area (Å²) in [6.07, 6.45) is 3.19. The van der Waals surface area contributed by atoms with Gasteiger partial charge in [-0.25, -0.2) is 9.67 Å². The van der Waals surface area contributed by atoms with E-state index in [9.17, 15) is 4.79 Å². The average Bonchev–Trinajstić information content (AvgIpc) is 2.91. The van der Waals surface area contributed by atoms with Crippen molar-refractivity contribution in [2.45, 2.75) is 32.9 Å². The second-order valence-electron chi connectivity index (χ2n) is 5.94. The lowest BCUT2D eigenvalue weighted by atomic mass is 10.1. The maximum absolute atomic E-state index is 11.8. The second kappa shape index (κ2) is 6.49. The van der Waals surface area contributed by atoms with Crippen LogP contribution in [0.15, 0.2) is 36.9 Å². The predicted molar refractivity (Wildman–Crippen MR) is 82.0 cm³/mol. The van der Waals surface area contributed by atoms with Crippen molar-refractivity contribution in [3.8, 4) is 0 Å². The van der Waals surface area contributed by atoms with Gasteiger partial charge in [-0.1, -0.05) is 12.1 Å². The normalized spacial score (nSPS) is 11.4. The minimum atomic E-state index is -0.0704. The van der Waals surface area contributed by atoms with E-state index < -0.39 is 0 Å². The first kappa shape index (κ1) is 15.2. The van der Waals surface area contributed by atoms with Crippen LogP contribution in [0.1, 0.15) is 26.3 Å². The first-order chi connectivity index (χ1) is 9.92. The maximum Gasteiger partial charge on any atom is 0.238 e. The molecule has 0 aliphatic rings. The molecule has 0 saturated carbocycles. The topological polar surface area (TPSA) is 71.8 Å². The van der Waals surface area contributed by atoms with E-state index in [2.05, 4.69) is 20.7 Å². The van der Waals surface area contributed by atoms with Gasteiger partial charge in [0.05, 0.1) is 13.1 Å². The fraction of sp³-hybridized carbons (Fsp3) is 0.400. The molecule has 21 heavy (non-hydrogen) atoms. The van der Waals surface area contributed by atoms with Gasteiger partial charge in [0.2, 0.25) is 5.91 Å². The summed E-state index contributed by atoms with van der Waals surface area (Å²) >= 11 is 0. The van der Waals surface area contributed by atoms with E-state index >= 15 is 0 Å². The number of hydrogen-bond donors (Lipinski definition) is 2. The molecule has 0 bridgehead atoms. The second-order valence-corrected chi connectivity index (χ2v) is 5.94. The summed E-state index contributed by atoms with van der Waals surface area (Å²) in [4.78, 5) is 15.7. The van der Waals surface area contributed by atoms with Crippen LogP contribution in [0.25, 0.3) is 0 Å². The molecule has 1 aromatic carbocycles. The minimum absolute atomic E-state index is 0.0473. The Morgan fingerprint density at radius 2 is 1.95 bits per heavy atom. The zero-order valence-electron chi connectivity index (χ0n) is 12.6. The van der Waals surface area contributed by atoms with Gasteiger partial charge in [-0.05, 0) is 38.5 Å². The Kier molecular flexibility index (Phi) is 4.70. The fourth-order valence-electron chi connectivity index (χ4n) is 1.75. The van der Waals surface area contributed by atoms with Crippen LogP contribution in [0.3, 0.4) is 0 Å². The Morgan fingerprint density at radius 1 is 1.24 bits per heavy atom. The van der Waals surface area contributed by atoms with Crippen molar-refractivity contribution in [2.24, 2.45) is 0 Å². The SMILES string of the molecule is CC(C)(C)NCC(=O)Nc1ccc(Cn2cncn2)cc1. The monoisotopic (exact) mass is 287 g/mol. The van der Waals surface area contributed by atoms with E-state index in [0.29, 0.717) is 13.1 Å². The van der Waals surface area contributed by atoms with Crippen molar-refractivity contribution in [3.63, 3.8) is 0 Å². The molecule has 2 N–H and O–H groups in total. The first-order valence-corrected chi connectivity index (χ1v) is 6.89. The molecule has 0 fully saturated rings. The van der Waals surface area contributed by atoms with Crippen molar-refractivity contribution in [2.75, 3.05) is 11.9 Å². The molecule has 0 aliphatic carbocycles. The van der Waals surface area contributed by atoms with Crippen molar-refractivity contribution in [1.82, 2.24) is 20.1 Å². The van der Waals surface area contributed by atoms with Crippen LogP contribution in [-0.4, -0.2) is 32.8 Å². The van der Waals surface area contributed by atoms with Crippen LogP contribution >= 0.6 is 0 Å². The number of anilines is 1. The molecule has 0 unspecified atom stereocenters. The Labute approximate surface area is 124 Å². The smallest absolute Gasteiger partial charge is 0.238 e. The largest absolute Gasteiger partial charge is 0.325 e. The number of carbonyl (C=O) groups excluding carboxylic acids is 1. The summed E-state index contributed by atoms with van der Waals surface area (Å²) in [5.74, 6) is -0.0473. The summed E-state index contributed by atoms with van der Waals surface area (Å²) < 4.78 is 1.75. The summed E-state index contributed by atoms with van der Waals surface area (Å²) in [5.41, 5.74) is 1.82. The van der Waals surface area contributed by atoms with Gasteiger partial charge in [-0.15, -0.1) is 0 Å². The van der Waals surface area contributed by atoms with Crippen molar-refractivity contribution in [3.05, 3.63) is 42.5 Å². The third kappa shape index (κ3) is 5.35. The highest BCUT2D eigenvalue weighted by Crippen LogP contribution is 2.10. The third-order valence-corrected chi connectivity index (χ3v) is 2.83. The van der Waals surface area contributed by atoms with Crippen molar-refractivity contribution in [1.29, 1.82) is 0 Å². The molecule has 0 aliphatic heterocycles. The van der Waals surface area contributed by atoms with Crippen molar-refractivity contribution < 1.29 is 4.79 Å². The van der Waals surface area contributed by atoms with Crippen LogP contribution in [0, 0.1) is 0 Å². The predicted octanol–water partition coefficient (Wildman–Crippen LogP) is 1.65. The summed E-state index contributed by atoms with van der Waals surface area (Å²) in [7, 11) is 0. The highest BCUT2D eigenvalue weighted by Gasteiger charge is 2.11. The van der Waals surface area contributed by atoms with Gasteiger partial charge >= 0.3 is 0 Å². The summed E-state index contributed by atoms with van der Waals surface area (Å²) in [6.45, 7) is 7.04. The number of benzene rings is 1. The molecule has 0 spiro atoms. The Bertz CT molecular complexity index is 569. The lowest BCUT2D eigenvalue weighted by Crippen LogP contribution is -2.41. The average molecular weight is 287 g/mol. The molecule has 0 radical (unpaired) electrons. The summed E-state index contributed by atoms with van der Waals surface area (Å²) in [5, 5.41) is 10.1. The van der Waals surface area contributed by atoms with Gasteiger partial charge in [0, 0.05) is 11.2 Å². The Morgan fingerprint density at radius 3 is 2.52 bits per heavy atom. The number of aromatic nitrogens is 3. The number of carbonyl (C=O) groups is 1. The van der Waals surface area contributed by atoms with Crippen LogP contribution in [0.2, 0.25) is 0 Å². The Balaban J connectivity index is 1.86. The maximum atomic E-state index is 11.8. The molecule has 1 aromatic heterocycles. The molecular formula is C15H21N5O. The van der Waals surface area contributed by atoms with E-state index in [1.165, 1.54) is 6.33 Å². The molecule has 112 valence electrons. The van der Waals surface area contributed by atoms with Crippen LogP contribution < -0.4 is 10.6 Å². The number of hydrogen-bond acceptors (Lipinski definition) is 4. The van der Waals surface area contributed by atoms with Gasteiger partial charge in [0.1, 0.15) is 12.7 Å². The van der Waals surface area contributed by atoms with Crippen LogP contribution in [0.5, 0.6) is 0 Å². The molecule has 1 heterocycles. The molecule has 2 aromatic rings. The van der Waals surface area contributed by atoms with Gasteiger partial charge in [-0.3, -0.25) is 4.79 Å². The van der Waals surface area contributed by atoms with E-state index in [-0.39, 0.29) is 11.4 Å². The molecule has 0 saturated heterocycles. The Hall–Kier alpha value is -2.21. The zero-order chi connectivity index (χ0) is 15.3.